The third-order valence-corrected chi connectivity index (χ3v) is 2.83. The Kier molecular flexibility index (Phi) is 3.02. The van der Waals surface area contributed by atoms with Crippen LogP contribution in [0.1, 0.15) is 25.7 Å². The first-order chi connectivity index (χ1) is 8.04. The van der Waals surface area contributed by atoms with E-state index in [1.807, 2.05) is 18.4 Å². The number of nitro benzene ring substituents is 1. The molecule has 0 amide bonds. The Labute approximate surface area is 103 Å². The van der Waals surface area contributed by atoms with E-state index in [0.717, 1.165) is 11.3 Å². The van der Waals surface area contributed by atoms with E-state index in [1.165, 1.54) is 12.1 Å². The smallest absolute Gasteiger partial charge is 0.271 e. The van der Waals surface area contributed by atoms with Crippen LogP contribution >= 0.6 is 11.6 Å². The van der Waals surface area contributed by atoms with Crippen LogP contribution in [0.4, 0.5) is 5.69 Å². The fourth-order valence-corrected chi connectivity index (χ4v) is 2.11. The Hall–Kier alpha value is -1.62. The molecule has 0 saturated heterocycles. The Bertz CT molecular complexity index is 577. The van der Waals surface area contributed by atoms with Gasteiger partial charge < -0.3 is 4.57 Å². The summed E-state index contributed by atoms with van der Waals surface area (Å²) in [7, 11) is 0. The molecule has 5 nitrogen and oxygen atoms in total. The van der Waals surface area contributed by atoms with Gasteiger partial charge in [-0.2, -0.15) is 0 Å². The van der Waals surface area contributed by atoms with Crippen molar-refractivity contribution < 1.29 is 4.92 Å². The van der Waals surface area contributed by atoms with E-state index in [2.05, 4.69) is 4.98 Å². The Balaban J connectivity index is 2.69. The first-order valence-corrected chi connectivity index (χ1v) is 5.79. The summed E-state index contributed by atoms with van der Waals surface area (Å²) in [4.78, 5) is 14.6. The maximum atomic E-state index is 10.7. The fourth-order valence-electron chi connectivity index (χ4n) is 1.92. The van der Waals surface area contributed by atoms with Crippen LogP contribution in [0.2, 0.25) is 0 Å². The molecule has 0 spiro atoms. The number of fused-ring (bicyclic) bond motifs is 1. The number of nitrogens with zero attached hydrogens (tertiary/aromatic N) is 3. The van der Waals surface area contributed by atoms with Crippen LogP contribution in [0, 0.1) is 10.1 Å². The summed E-state index contributed by atoms with van der Waals surface area (Å²) in [6.45, 7) is 4.05. The monoisotopic (exact) mass is 253 g/mol. The molecule has 0 unspecified atom stereocenters. The zero-order chi connectivity index (χ0) is 12.6. The average Bonchev–Trinajstić information content (AvgIpc) is 2.65. The van der Waals surface area contributed by atoms with Crippen molar-refractivity contribution in [3.05, 3.63) is 34.1 Å². The van der Waals surface area contributed by atoms with Crippen molar-refractivity contribution in [1.29, 1.82) is 0 Å². The molecule has 0 fully saturated rings. The Morgan fingerprint density at radius 2 is 2.24 bits per heavy atom. The molecular formula is C11H12ClN3O2. The van der Waals surface area contributed by atoms with Crippen LogP contribution in [-0.2, 0) is 5.88 Å². The molecule has 2 rings (SSSR count). The third kappa shape index (κ3) is 1.98. The highest BCUT2D eigenvalue weighted by Gasteiger charge is 2.15. The molecule has 0 radical (unpaired) electrons. The van der Waals surface area contributed by atoms with Crippen LogP contribution in [0.5, 0.6) is 0 Å². The summed E-state index contributed by atoms with van der Waals surface area (Å²) in [5, 5.41) is 10.7. The second-order valence-corrected chi connectivity index (χ2v) is 4.32. The first-order valence-electron chi connectivity index (χ1n) is 5.25. The molecule has 2 aromatic rings. The van der Waals surface area contributed by atoms with Crippen molar-refractivity contribution in [3.63, 3.8) is 0 Å². The van der Waals surface area contributed by atoms with Gasteiger partial charge >= 0.3 is 0 Å². The minimum absolute atomic E-state index is 0.0482. The lowest BCUT2D eigenvalue weighted by Gasteiger charge is -2.11. The van der Waals surface area contributed by atoms with E-state index in [-0.39, 0.29) is 11.7 Å². The van der Waals surface area contributed by atoms with Crippen LogP contribution in [0.15, 0.2) is 18.2 Å². The van der Waals surface area contributed by atoms with Gasteiger partial charge in [-0.1, -0.05) is 0 Å². The van der Waals surface area contributed by atoms with Crippen LogP contribution in [-0.4, -0.2) is 14.5 Å². The Morgan fingerprint density at radius 1 is 1.53 bits per heavy atom. The molecule has 0 bridgehead atoms. The summed E-state index contributed by atoms with van der Waals surface area (Å²) in [6.07, 6.45) is 0. The lowest BCUT2D eigenvalue weighted by molar-refractivity contribution is -0.384. The summed E-state index contributed by atoms with van der Waals surface area (Å²) >= 11 is 5.83. The standard InChI is InChI=1S/C11H12ClN3O2/c1-7(2)14-10-4-3-8(15(16)17)5-9(10)13-11(14)6-12/h3-5,7H,6H2,1-2H3. The van der Waals surface area contributed by atoms with Crippen LogP contribution < -0.4 is 0 Å². The van der Waals surface area contributed by atoms with Crippen molar-refractivity contribution in [3.8, 4) is 0 Å². The normalized spacial score (nSPS) is 11.3. The molecular weight excluding hydrogens is 242 g/mol. The van der Waals surface area contributed by atoms with Crippen molar-refractivity contribution in [2.24, 2.45) is 0 Å². The number of alkyl halides is 1. The van der Waals surface area contributed by atoms with E-state index in [4.69, 9.17) is 11.6 Å². The predicted octanol–water partition coefficient (Wildman–Crippen LogP) is 3.26. The number of halogens is 1. The second-order valence-electron chi connectivity index (χ2n) is 4.06. The average molecular weight is 254 g/mol. The summed E-state index contributed by atoms with van der Waals surface area (Å²) in [5.41, 5.74) is 1.54. The zero-order valence-electron chi connectivity index (χ0n) is 9.55. The van der Waals surface area contributed by atoms with Gasteiger partial charge in [-0.15, -0.1) is 11.6 Å². The van der Waals surface area contributed by atoms with Gasteiger partial charge in [0.1, 0.15) is 5.82 Å². The van der Waals surface area contributed by atoms with E-state index in [1.54, 1.807) is 6.07 Å². The quantitative estimate of drug-likeness (QED) is 0.479. The van der Waals surface area contributed by atoms with Crippen LogP contribution in [0.3, 0.4) is 0 Å². The van der Waals surface area contributed by atoms with Gasteiger partial charge in [0, 0.05) is 18.2 Å². The van der Waals surface area contributed by atoms with Crippen molar-refractivity contribution in [2.75, 3.05) is 0 Å². The Morgan fingerprint density at radius 3 is 2.76 bits per heavy atom. The molecule has 0 aliphatic rings. The molecule has 0 N–H and O–H groups in total. The minimum Gasteiger partial charge on any atom is -0.324 e. The van der Waals surface area contributed by atoms with Gasteiger partial charge in [0.2, 0.25) is 0 Å². The summed E-state index contributed by atoms with van der Waals surface area (Å²) in [6, 6.07) is 4.90. The van der Waals surface area contributed by atoms with Crippen LogP contribution in [0.25, 0.3) is 11.0 Å². The molecule has 1 aromatic carbocycles. The summed E-state index contributed by atoms with van der Waals surface area (Å²) in [5.74, 6) is 1.03. The second kappa shape index (κ2) is 4.33. The topological polar surface area (TPSA) is 61.0 Å². The van der Waals surface area contributed by atoms with Crippen molar-refractivity contribution >= 4 is 28.3 Å². The number of hydrogen-bond acceptors (Lipinski definition) is 3. The lowest BCUT2D eigenvalue weighted by atomic mass is 10.2. The molecule has 0 atom stereocenters. The highest BCUT2D eigenvalue weighted by Crippen LogP contribution is 2.25. The molecule has 90 valence electrons. The fraction of sp³-hybridized carbons (Fsp3) is 0.364. The molecule has 0 aliphatic carbocycles. The van der Waals surface area contributed by atoms with Crippen molar-refractivity contribution in [1.82, 2.24) is 9.55 Å². The van der Waals surface area contributed by atoms with Gasteiger partial charge in [0.05, 0.1) is 21.8 Å². The largest absolute Gasteiger partial charge is 0.324 e. The molecule has 0 aliphatic heterocycles. The van der Waals surface area contributed by atoms with Gasteiger partial charge in [-0.25, -0.2) is 4.98 Å². The summed E-state index contributed by atoms with van der Waals surface area (Å²) < 4.78 is 1.99. The number of non-ortho nitro benzene ring substituents is 1. The van der Waals surface area contributed by atoms with Crippen molar-refractivity contribution in [2.45, 2.75) is 25.8 Å². The molecule has 6 heteroatoms. The van der Waals surface area contributed by atoms with Gasteiger partial charge in [-0.3, -0.25) is 10.1 Å². The lowest BCUT2D eigenvalue weighted by Crippen LogP contribution is -2.04. The van der Waals surface area contributed by atoms with E-state index in [9.17, 15) is 10.1 Å². The van der Waals surface area contributed by atoms with E-state index < -0.39 is 4.92 Å². The highest BCUT2D eigenvalue weighted by molar-refractivity contribution is 6.16. The maximum absolute atomic E-state index is 10.7. The number of rotatable bonds is 3. The molecule has 0 saturated carbocycles. The number of hydrogen-bond donors (Lipinski definition) is 0. The van der Waals surface area contributed by atoms with E-state index >= 15 is 0 Å². The number of benzene rings is 1. The number of nitro groups is 1. The number of imidazole rings is 1. The third-order valence-electron chi connectivity index (χ3n) is 2.59. The van der Waals surface area contributed by atoms with Gasteiger partial charge in [0.15, 0.2) is 0 Å². The SMILES string of the molecule is CC(C)n1c(CCl)nc2cc([N+](=O)[O-])ccc21. The predicted molar refractivity (Wildman–Crippen MR) is 66.3 cm³/mol. The number of aromatic nitrogens is 2. The molecule has 1 aromatic heterocycles. The van der Waals surface area contributed by atoms with Gasteiger partial charge in [0.25, 0.3) is 5.69 Å². The highest BCUT2D eigenvalue weighted by atomic mass is 35.5. The minimum atomic E-state index is -0.422. The van der Waals surface area contributed by atoms with E-state index in [0.29, 0.717) is 11.4 Å². The molecule has 1 heterocycles. The van der Waals surface area contributed by atoms with Gasteiger partial charge in [-0.05, 0) is 19.9 Å². The zero-order valence-corrected chi connectivity index (χ0v) is 10.3. The molecule has 17 heavy (non-hydrogen) atoms. The maximum Gasteiger partial charge on any atom is 0.271 e. The first kappa shape index (κ1) is 11.9.